The average Bonchev–Trinajstić information content (AvgIpc) is 3.17. The summed E-state index contributed by atoms with van der Waals surface area (Å²) in [6, 6.07) is 14.6. The molecule has 2 aromatic carbocycles. The van der Waals surface area contributed by atoms with Gasteiger partial charge in [0, 0.05) is 5.56 Å². The summed E-state index contributed by atoms with van der Waals surface area (Å²) in [4.78, 5) is 12.3. The molecule has 0 N–H and O–H groups in total. The Kier molecular flexibility index (Phi) is 5.86. The van der Waals surface area contributed by atoms with Crippen molar-refractivity contribution >= 4 is 5.97 Å². The lowest BCUT2D eigenvalue weighted by Crippen LogP contribution is -2.09. The molecule has 0 radical (unpaired) electrons. The maximum atomic E-state index is 12.3. The average molecular weight is 366 g/mol. The van der Waals surface area contributed by atoms with E-state index in [1.54, 1.807) is 31.2 Å². The Morgan fingerprint density at radius 1 is 1.07 bits per heavy atom. The number of hydrogen-bond donors (Lipinski definition) is 0. The maximum absolute atomic E-state index is 12.3. The molecule has 0 aliphatic carbocycles. The van der Waals surface area contributed by atoms with Crippen molar-refractivity contribution in [3.05, 3.63) is 65.5 Å². The van der Waals surface area contributed by atoms with Gasteiger partial charge in [-0.2, -0.15) is 0 Å². The molecule has 0 aliphatic heterocycles. The van der Waals surface area contributed by atoms with E-state index in [2.05, 4.69) is 10.2 Å². The number of hydrogen-bond acceptors (Lipinski definition) is 6. The second-order valence-electron chi connectivity index (χ2n) is 6.23. The highest BCUT2D eigenvalue weighted by Gasteiger charge is 2.20. The van der Waals surface area contributed by atoms with Crippen LogP contribution in [0.3, 0.4) is 0 Å². The van der Waals surface area contributed by atoms with Crippen LogP contribution in [0.25, 0.3) is 11.5 Å². The largest absolute Gasteiger partial charge is 0.494 e. The van der Waals surface area contributed by atoms with Gasteiger partial charge in [-0.1, -0.05) is 24.6 Å². The lowest BCUT2D eigenvalue weighted by atomic mass is 10.1. The van der Waals surface area contributed by atoms with Gasteiger partial charge in [-0.25, -0.2) is 4.79 Å². The van der Waals surface area contributed by atoms with Crippen LogP contribution >= 0.6 is 0 Å². The maximum Gasteiger partial charge on any atom is 0.338 e. The van der Waals surface area contributed by atoms with E-state index in [-0.39, 0.29) is 5.89 Å². The monoisotopic (exact) mass is 366 g/mol. The van der Waals surface area contributed by atoms with Crippen molar-refractivity contribution in [2.45, 2.75) is 33.3 Å². The van der Waals surface area contributed by atoms with Crippen LogP contribution in [0.4, 0.5) is 0 Å². The van der Waals surface area contributed by atoms with Crippen molar-refractivity contribution < 1.29 is 18.7 Å². The molecule has 0 aliphatic rings. The van der Waals surface area contributed by atoms with E-state index < -0.39 is 12.1 Å². The Balaban J connectivity index is 1.63. The van der Waals surface area contributed by atoms with Gasteiger partial charge in [0.1, 0.15) is 5.75 Å². The predicted molar refractivity (Wildman–Crippen MR) is 101 cm³/mol. The van der Waals surface area contributed by atoms with E-state index in [0.717, 1.165) is 23.3 Å². The van der Waals surface area contributed by atoms with Crippen molar-refractivity contribution in [1.82, 2.24) is 10.2 Å². The van der Waals surface area contributed by atoms with Gasteiger partial charge < -0.3 is 13.9 Å². The number of nitrogens with zero attached hydrogens (tertiary/aromatic N) is 2. The zero-order valence-corrected chi connectivity index (χ0v) is 15.6. The third kappa shape index (κ3) is 4.73. The van der Waals surface area contributed by atoms with Gasteiger partial charge in [-0.3, -0.25) is 0 Å². The molecule has 3 aromatic rings. The second kappa shape index (κ2) is 8.49. The van der Waals surface area contributed by atoms with Crippen LogP contribution < -0.4 is 4.74 Å². The van der Waals surface area contributed by atoms with Gasteiger partial charge in [-0.05, 0) is 56.7 Å². The summed E-state index contributed by atoms with van der Waals surface area (Å²) in [5, 5.41) is 8.03. The molecule has 3 rings (SSSR count). The Morgan fingerprint density at radius 2 is 1.78 bits per heavy atom. The van der Waals surface area contributed by atoms with Crippen LogP contribution in [-0.2, 0) is 4.74 Å². The lowest BCUT2D eigenvalue weighted by molar-refractivity contribution is 0.0280. The summed E-state index contributed by atoms with van der Waals surface area (Å²) in [7, 11) is 0. The highest BCUT2D eigenvalue weighted by atomic mass is 16.6. The van der Waals surface area contributed by atoms with Crippen LogP contribution in [-0.4, -0.2) is 22.8 Å². The van der Waals surface area contributed by atoms with Gasteiger partial charge in [-0.15, -0.1) is 10.2 Å². The van der Waals surface area contributed by atoms with E-state index in [0.29, 0.717) is 18.1 Å². The Hall–Kier alpha value is -3.15. The summed E-state index contributed by atoms with van der Waals surface area (Å²) in [5.74, 6) is 0.910. The van der Waals surface area contributed by atoms with Gasteiger partial charge in [0.15, 0.2) is 6.10 Å². The first-order valence-corrected chi connectivity index (χ1v) is 8.91. The van der Waals surface area contributed by atoms with Crippen molar-refractivity contribution in [2.75, 3.05) is 6.61 Å². The highest BCUT2D eigenvalue weighted by molar-refractivity contribution is 5.89. The minimum absolute atomic E-state index is 0.252. The third-order valence-corrected chi connectivity index (χ3v) is 3.93. The molecule has 0 saturated carbocycles. The van der Waals surface area contributed by atoms with Crippen molar-refractivity contribution in [2.24, 2.45) is 0 Å². The summed E-state index contributed by atoms with van der Waals surface area (Å²) >= 11 is 0. The smallest absolute Gasteiger partial charge is 0.338 e. The fraction of sp³-hybridized carbons (Fsp3) is 0.286. The number of carbonyl (C=O) groups excluding carboxylic acids is 1. The molecular weight excluding hydrogens is 344 g/mol. The third-order valence-electron chi connectivity index (χ3n) is 3.93. The molecule has 0 bridgehead atoms. The van der Waals surface area contributed by atoms with E-state index >= 15 is 0 Å². The lowest BCUT2D eigenvalue weighted by Gasteiger charge is -2.10. The summed E-state index contributed by atoms with van der Waals surface area (Å²) in [5.41, 5.74) is 2.40. The minimum atomic E-state index is -0.653. The fourth-order valence-corrected chi connectivity index (χ4v) is 2.40. The molecule has 27 heavy (non-hydrogen) atoms. The summed E-state index contributed by atoms with van der Waals surface area (Å²) in [6.45, 7) is 6.38. The van der Waals surface area contributed by atoms with E-state index in [1.807, 2.05) is 38.1 Å². The Labute approximate surface area is 158 Å². The SMILES string of the molecule is CCCOc1ccc(C(=O)O[C@@H](C)c2nnc(-c3ccc(C)cc3)o2)cc1. The first-order chi connectivity index (χ1) is 13.1. The number of aromatic nitrogens is 2. The molecule has 1 atom stereocenters. The summed E-state index contributed by atoms with van der Waals surface area (Å²) < 4.78 is 16.6. The van der Waals surface area contributed by atoms with Crippen molar-refractivity contribution in [3.63, 3.8) is 0 Å². The first kappa shape index (κ1) is 18.6. The summed E-state index contributed by atoms with van der Waals surface area (Å²) in [6.07, 6.45) is 0.274. The quantitative estimate of drug-likeness (QED) is 0.562. The Morgan fingerprint density at radius 3 is 2.44 bits per heavy atom. The molecule has 1 aromatic heterocycles. The van der Waals surface area contributed by atoms with Crippen LogP contribution in [0.15, 0.2) is 52.9 Å². The second-order valence-corrected chi connectivity index (χ2v) is 6.23. The molecule has 140 valence electrons. The molecular formula is C21H22N2O4. The number of aryl methyl sites for hydroxylation is 1. The number of ether oxygens (including phenoxy) is 2. The standard InChI is InChI=1S/C21H22N2O4/c1-4-13-25-18-11-9-17(10-12-18)21(24)26-15(3)19-22-23-20(27-19)16-7-5-14(2)6-8-16/h5-12,15H,4,13H2,1-3H3/t15-/m0/s1. The van der Waals surface area contributed by atoms with E-state index in [4.69, 9.17) is 13.9 Å². The molecule has 0 saturated heterocycles. The van der Waals surface area contributed by atoms with Crippen LogP contribution in [0.5, 0.6) is 5.75 Å². The number of esters is 1. The van der Waals surface area contributed by atoms with Crippen LogP contribution in [0.1, 0.15) is 48.2 Å². The first-order valence-electron chi connectivity index (χ1n) is 8.91. The number of benzene rings is 2. The zero-order chi connectivity index (χ0) is 19.2. The fourth-order valence-electron chi connectivity index (χ4n) is 2.40. The highest BCUT2D eigenvalue weighted by Crippen LogP contribution is 2.23. The minimum Gasteiger partial charge on any atom is -0.494 e. The molecule has 1 heterocycles. The molecule has 6 heteroatoms. The van der Waals surface area contributed by atoms with Crippen LogP contribution in [0, 0.1) is 6.92 Å². The van der Waals surface area contributed by atoms with E-state index in [9.17, 15) is 4.79 Å². The number of rotatable bonds is 7. The predicted octanol–water partition coefficient (Wildman–Crippen LogP) is 4.75. The van der Waals surface area contributed by atoms with Crippen molar-refractivity contribution in [1.29, 1.82) is 0 Å². The molecule has 0 spiro atoms. The molecule has 0 unspecified atom stereocenters. The molecule has 6 nitrogen and oxygen atoms in total. The van der Waals surface area contributed by atoms with Gasteiger partial charge >= 0.3 is 5.97 Å². The van der Waals surface area contributed by atoms with Gasteiger partial charge in [0.25, 0.3) is 5.89 Å². The Bertz CT molecular complexity index is 885. The normalized spacial score (nSPS) is 11.8. The van der Waals surface area contributed by atoms with Gasteiger partial charge in [0.2, 0.25) is 5.89 Å². The molecule has 0 amide bonds. The van der Waals surface area contributed by atoms with Crippen LogP contribution in [0.2, 0.25) is 0 Å². The van der Waals surface area contributed by atoms with E-state index in [1.165, 1.54) is 0 Å². The van der Waals surface area contributed by atoms with Gasteiger partial charge in [0.05, 0.1) is 12.2 Å². The zero-order valence-electron chi connectivity index (χ0n) is 15.6. The van der Waals surface area contributed by atoms with Crippen molar-refractivity contribution in [3.8, 4) is 17.2 Å². The topological polar surface area (TPSA) is 74.5 Å². The number of carbonyl (C=O) groups is 1. The molecule has 0 fully saturated rings.